The van der Waals surface area contributed by atoms with Crippen LogP contribution in [-0.4, -0.2) is 15.7 Å². The van der Waals surface area contributed by atoms with E-state index in [0.717, 1.165) is 5.56 Å². The van der Waals surface area contributed by atoms with E-state index in [1.54, 1.807) is 6.07 Å². The van der Waals surface area contributed by atoms with Gasteiger partial charge in [0.05, 0.1) is 6.04 Å². The average Bonchev–Trinajstić information content (AvgIpc) is 3.16. The Morgan fingerprint density at radius 1 is 1.00 bits per heavy atom. The highest BCUT2D eigenvalue weighted by Crippen LogP contribution is 2.42. The van der Waals surface area contributed by atoms with E-state index in [0.29, 0.717) is 23.9 Å². The van der Waals surface area contributed by atoms with E-state index in [1.807, 2.05) is 12.1 Å². The molecule has 2 N–H and O–H groups in total. The molecular formula is C25H30N3O+. The number of rotatable bonds is 3. The summed E-state index contributed by atoms with van der Waals surface area (Å²) >= 11 is 0. The topological polar surface area (TPSA) is 41.1 Å². The van der Waals surface area contributed by atoms with Crippen molar-refractivity contribution in [3.05, 3.63) is 72.2 Å². The smallest absolute Gasteiger partial charge is 0.279 e. The molecule has 0 bridgehead atoms. The number of hydrogen-bond donors (Lipinski definition) is 2. The van der Waals surface area contributed by atoms with Gasteiger partial charge in [-0.2, -0.15) is 0 Å². The number of phenols is 1. The minimum absolute atomic E-state index is 0.0181. The fourth-order valence-electron chi connectivity index (χ4n) is 5.24. The second-order valence-corrected chi connectivity index (χ2v) is 8.73. The van der Waals surface area contributed by atoms with Crippen LogP contribution >= 0.6 is 0 Å². The average molecular weight is 389 g/mol. The van der Waals surface area contributed by atoms with Gasteiger partial charge in [0.15, 0.2) is 5.69 Å². The highest BCUT2D eigenvalue weighted by molar-refractivity contribution is 5.59. The van der Waals surface area contributed by atoms with Crippen LogP contribution in [0.5, 0.6) is 5.75 Å². The van der Waals surface area contributed by atoms with Crippen molar-refractivity contribution in [3.8, 4) is 17.0 Å². The first-order chi connectivity index (χ1) is 14.1. The van der Waals surface area contributed by atoms with Gasteiger partial charge in [0.1, 0.15) is 24.0 Å². The Morgan fingerprint density at radius 3 is 2.48 bits per heavy atom. The van der Waals surface area contributed by atoms with Crippen LogP contribution in [0, 0.1) is 0 Å². The Bertz CT molecular complexity index is 1010. The Labute approximate surface area is 172 Å². The van der Waals surface area contributed by atoms with Gasteiger partial charge in [-0.05, 0) is 39.2 Å². The molecule has 1 aliphatic heterocycles. The Morgan fingerprint density at radius 2 is 1.72 bits per heavy atom. The Hall–Kier alpha value is -2.59. The number of para-hydroxylation sites is 1. The minimum Gasteiger partial charge on any atom is -0.508 e. The summed E-state index contributed by atoms with van der Waals surface area (Å²) in [5, 5.41) is 14.6. The predicted molar refractivity (Wildman–Crippen MR) is 115 cm³/mol. The van der Waals surface area contributed by atoms with E-state index in [1.165, 1.54) is 42.8 Å². The molecule has 3 aromatic rings. The van der Waals surface area contributed by atoms with Gasteiger partial charge in [-0.15, -0.1) is 0 Å². The van der Waals surface area contributed by atoms with Crippen LogP contribution < -0.4 is 9.88 Å². The molecule has 5 rings (SSSR count). The summed E-state index contributed by atoms with van der Waals surface area (Å²) in [6, 6.07) is 19.7. The van der Waals surface area contributed by atoms with Gasteiger partial charge in [0.2, 0.25) is 0 Å². The minimum atomic E-state index is -0.0181. The molecule has 1 saturated carbocycles. The molecule has 1 aromatic heterocycles. The molecule has 2 aromatic carbocycles. The summed E-state index contributed by atoms with van der Waals surface area (Å²) in [6.45, 7) is 4.48. The normalized spacial score (nSPS) is 23.6. The van der Waals surface area contributed by atoms with Gasteiger partial charge >= 0.3 is 0 Å². The molecule has 1 aliphatic carbocycles. The largest absolute Gasteiger partial charge is 0.508 e. The van der Waals surface area contributed by atoms with Crippen molar-refractivity contribution in [1.29, 1.82) is 0 Å². The maximum Gasteiger partial charge on any atom is 0.279 e. The number of imidazole rings is 1. The number of nitrogens with zero attached hydrogens (tertiary/aromatic N) is 2. The number of nitrogens with one attached hydrogen (secondary N) is 1. The number of aromatic hydroxyl groups is 1. The highest BCUT2D eigenvalue weighted by Gasteiger charge is 2.46. The van der Waals surface area contributed by atoms with E-state index in [4.69, 9.17) is 0 Å². The Balaban J connectivity index is 1.77. The molecule has 4 nitrogen and oxygen atoms in total. The first kappa shape index (κ1) is 18.4. The van der Waals surface area contributed by atoms with Crippen molar-refractivity contribution in [2.75, 3.05) is 0 Å². The molecule has 1 fully saturated rings. The van der Waals surface area contributed by atoms with Crippen LogP contribution in [0.25, 0.3) is 11.3 Å². The standard InChI is InChI=1S/C25H29N3O/c1-17(2)27-16-22(18-10-4-3-5-11-18)28-21-14-8-7-13-20(21)26-24(25(27)28)19-12-6-9-15-23(19)29/h3-6,9-12,15-17,20-21,24,26H,7-8,13-14H2,1-2H3/p+1/t20-,21-,24?/m1/s1. The molecule has 0 spiro atoms. The lowest BCUT2D eigenvalue weighted by molar-refractivity contribution is -0.724. The first-order valence-electron chi connectivity index (χ1n) is 10.9. The van der Waals surface area contributed by atoms with E-state index in [-0.39, 0.29) is 6.04 Å². The second-order valence-electron chi connectivity index (χ2n) is 8.73. The quantitative estimate of drug-likeness (QED) is 0.626. The van der Waals surface area contributed by atoms with Crippen LogP contribution in [0.2, 0.25) is 0 Å². The highest BCUT2D eigenvalue weighted by atomic mass is 16.3. The molecule has 0 amide bonds. The number of benzene rings is 2. The molecule has 3 atom stereocenters. The van der Waals surface area contributed by atoms with Gasteiger partial charge in [-0.3, -0.25) is 5.32 Å². The van der Waals surface area contributed by atoms with Crippen LogP contribution in [0.1, 0.15) is 69.0 Å². The maximum atomic E-state index is 10.7. The van der Waals surface area contributed by atoms with Crippen LogP contribution in [0.4, 0.5) is 0 Å². The molecule has 29 heavy (non-hydrogen) atoms. The van der Waals surface area contributed by atoms with E-state index >= 15 is 0 Å². The van der Waals surface area contributed by atoms with Crippen molar-refractivity contribution in [2.45, 2.75) is 63.7 Å². The molecule has 2 aliphatic rings. The number of phenolic OH excluding ortho intramolecular Hbond substituents is 1. The summed E-state index contributed by atoms with van der Waals surface area (Å²) in [6.07, 6.45) is 7.24. The van der Waals surface area contributed by atoms with Crippen molar-refractivity contribution < 1.29 is 9.67 Å². The first-order valence-corrected chi connectivity index (χ1v) is 10.9. The van der Waals surface area contributed by atoms with E-state index in [9.17, 15) is 5.11 Å². The maximum absolute atomic E-state index is 10.7. The van der Waals surface area contributed by atoms with Crippen LogP contribution in [0.15, 0.2) is 60.8 Å². The SMILES string of the molecule is CC(C)[n+]1cc(-c2ccccc2)n2c1C(c1ccccc1O)N[C@@H]1CCCC[C@H]12. The Kier molecular flexibility index (Phi) is 4.67. The zero-order chi connectivity index (χ0) is 20.0. The molecular weight excluding hydrogens is 358 g/mol. The van der Waals surface area contributed by atoms with Crippen molar-refractivity contribution in [3.63, 3.8) is 0 Å². The number of aromatic nitrogens is 2. The zero-order valence-corrected chi connectivity index (χ0v) is 17.3. The van der Waals surface area contributed by atoms with E-state index in [2.05, 4.69) is 70.9 Å². The molecule has 2 heterocycles. The van der Waals surface area contributed by atoms with Gasteiger partial charge in [-0.25, -0.2) is 9.13 Å². The van der Waals surface area contributed by atoms with Crippen molar-refractivity contribution in [2.24, 2.45) is 0 Å². The summed E-state index contributed by atoms with van der Waals surface area (Å²) < 4.78 is 4.99. The van der Waals surface area contributed by atoms with Crippen LogP contribution in [0.3, 0.4) is 0 Å². The third kappa shape index (κ3) is 3.06. The lowest BCUT2D eigenvalue weighted by atomic mass is 9.86. The lowest BCUT2D eigenvalue weighted by Crippen LogP contribution is -2.53. The van der Waals surface area contributed by atoms with Crippen LogP contribution in [-0.2, 0) is 0 Å². The molecule has 150 valence electrons. The second kappa shape index (κ2) is 7.34. The summed E-state index contributed by atoms with van der Waals surface area (Å²) in [7, 11) is 0. The molecule has 0 radical (unpaired) electrons. The third-order valence-corrected chi connectivity index (χ3v) is 6.61. The predicted octanol–water partition coefficient (Wildman–Crippen LogP) is 4.91. The molecule has 4 heteroatoms. The van der Waals surface area contributed by atoms with Gasteiger partial charge in [-0.1, -0.05) is 55.0 Å². The fraction of sp³-hybridized carbons (Fsp3) is 0.400. The van der Waals surface area contributed by atoms with Crippen molar-refractivity contribution >= 4 is 0 Å². The monoisotopic (exact) mass is 388 g/mol. The number of fused-ring (bicyclic) bond motifs is 3. The van der Waals surface area contributed by atoms with Crippen molar-refractivity contribution in [1.82, 2.24) is 9.88 Å². The lowest BCUT2D eigenvalue weighted by Gasteiger charge is -2.38. The molecule has 1 unspecified atom stereocenters. The molecule has 0 saturated heterocycles. The third-order valence-electron chi connectivity index (χ3n) is 6.61. The van der Waals surface area contributed by atoms with Gasteiger partial charge in [0, 0.05) is 17.2 Å². The summed E-state index contributed by atoms with van der Waals surface area (Å²) in [5.74, 6) is 1.62. The fourth-order valence-corrected chi connectivity index (χ4v) is 5.24. The van der Waals surface area contributed by atoms with E-state index < -0.39 is 0 Å². The number of hydrogen-bond acceptors (Lipinski definition) is 2. The summed E-state index contributed by atoms with van der Waals surface area (Å²) in [5.41, 5.74) is 3.51. The van der Waals surface area contributed by atoms with Gasteiger partial charge in [0.25, 0.3) is 5.82 Å². The van der Waals surface area contributed by atoms with Gasteiger partial charge < -0.3 is 5.11 Å². The summed E-state index contributed by atoms with van der Waals surface area (Å²) in [4.78, 5) is 0. The zero-order valence-electron chi connectivity index (χ0n) is 17.3.